The molecule has 0 heterocycles. The molecule has 1 aliphatic rings. The first-order chi connectivity index (χ1) is 12.3. The first-order valence-corrected chi connectivity index (χ1v) is 9.87. The van der Waals surface area contributed by atoms with Gasteiger partial charge in [-0.05, 0) is 37.1 Å². The largest absolute Gasteiger partial charge is 0.321 e. The maximum absolute atomic E-state index is 12.6. The number of sulfonamides is 1. The second-order valence-electron chi connectivity index (χ2n) is 5.77. The zero-order chi connectivity index (χ0) is 18.9. The van der Waals surface area contributed by atoms with Crippen molar-refractivity contribution >= 4 is 44.8 Å². The number of hydrogen-bond acceptors (Lipinski definition) is 4. The lowest BCUT2D eigenvalue weighted by molar-refractivity contribution is 0.102. The van der Waals surface area contributed by atoms with E-state index in [0.29, 0.717) is 5.69 Å². The van der Waals surface area contributed by atoms with Crippen molar-refractivity contribution < 1.29 is 13.2 Å². The highest BCUT2D eigenvalue weighted by Gasteiger charge is 2.30. The lowest BCUT2D eigenvalue weighted by atomic mass is 10.1. The van der Waals surface area contributed by atoms with E-state index in [1.54, 1.807) is 24.3 Å². The van der Waals surface area contributed by atoms with Crippen molar-refractivity contribution in [2.24, 2.45) is 0 Å². The fraction of sp³-hybridized carbons (Fsp3) is 0.176. The molecule has 0 unspecified atom stereocenters. The number of carbonyl (C=O) groups excluding carboxylic acids is 1. The van der Waals surface area contributed by atoms with Crippen molar-refractivity contribution in [2.45, 2.75) is 23.8 Å². The Morgan fingerprint density at radius 2 is 1.85 bits per heavy atom. The first-order valence-electron chi connectivity index (χ1n) is 7.63. The SMILES string of the molecule is N#Cc1ccccc1NC(=O)c1cc(S(=O)(=O)NC2CC2)c(Cl)cc1Cl. The van der Waals surface area contributed by atoms with Crippen LogP contribution in [-0.2, 0) is 10.0 Å². The van der Waals surface area contributed by atoms with Crippen molar-refractivity contribution in [3.05, 3.63) is 57.6 Å². The third-order valence-electron chi connectivity index (χ3n) is 3.75. The molecule has 1 amide bonds. The maximum Gasteiger partial charge on any atom is 0.257 e. The molecule has 0 aromatic heterocycles. The number of benzene rings is 2. The highest BCUT2D eigenvalue weighted by molar-refractivity contribution is 7.89. The summed E-state index contributed by atoms with van der Waals surface area (Å²) in [5.74, 6) is -0.641. The van der Waals surface area contributed by atoms with Crippen LogP contribution in [0.2, 0.25) is 10.0 Å². The summed E-state index contributed by atoms with van der Waals surface area (Å²) in [6.07, 6.45) is 1.53. The van der Waals surface area contributed by atoms with Crippen molar-refractivity contribution in [2.75, 3.05) is 5.32 Å². The van der Waals surface area contributed by atoms with Crippen LogP contribution >= 0.6 is 23.2 Å². The molecular formula is C17H13Cl2N3O3S. The molecule has 0 atom stereocenters. The second-order valence-corrected chi connectivity index (χ2v) is 8.27. The van der Waals surface area contributed by atoms with Crippen LogP contribution in [0.1, 0.15) is 28.8 Å². The molecule has 2 aromatic carbocycles. The average Bonchev–Trinajstić information content (AvgIpc) is 3.38. The molecule has 6 nitrogen and oxygen atoms in total. The molecule has 1 aliphatic carbocycles. The molecule has 0 aliphatic heterocycles. The number of amides is 1. The van der Waals surface area contributed by atoms with Gasteiger partial charge in [0.25, 0.3) is 5.91 Å². The summed E-state index contributed by atoms with van der Waals surface area (Å²) in [6, 6.07) is 10.7. The molecule has 0 bridgehead atoms. The van der Waals surface area contributed by atoms with E-state index in [4.69, 9.17) is 28.5 Å². The normalized spacial score (nSPS) is 13.9. The fourth-order valence-corrected chi connectivity index (χ4v) is 4.44. The minimum Gasteiger partial charge on any atom is -0.321 e. The van der Waals surface area contributed by atoms with Gasteiger partial charge in [0.15, 0.2) is 0 Å². The van der Waals surface area contributed by atoms with E-state index < -0.39 is 15.9 Å². The summed E-state index contributed by atoms with van der Waals surface area (Å²) in [6.45, 7) is 0. The summed E-state index contributed by atoms with van der Waals surface area (Å²) in [4.78, 5) is 12.4. The minimum absolute atomic E-state index is 0.00677. The second kappa shape index (κ2) is 7.25. The minimum atomic E-state index is -3.86. The smallest absolute Gasteiger partial charge is 0.257 e. The van der Waals surface area contributed by atoms with E-state index in [1.165, 1.54) is 6.07 Å². The fourth-order valence-electron chi connectivity index (χ4n) is 2.27. The number of anilines is 1. The molecule has 2 aromatic rings. The Bertz CT molecular complexity index is 1030. The highest BCUT2D eigenvalue weighted by atomic mass is 35.5. The third-order valence-corrected chi connectivity index (χ3v) is 6.05. The van der Waals surface area contributed by atoms with Crippen LogP contribution in [0.5, 0.6) is 0 Å². The number of hydrogen-bond donors (Lipinski definition) is 2. The zero-order valence-corrected chi connectivity index (χ0v) is 15.6. The van der Waals surface area contributed by atoms with Crippen molar-refractivity contribution in [1.82, 2.24) is 4.72 Å². The van der Waals surface area contributed by atoms with E-state index in [0.717, 1.165) is 18.9 Å². The molecule has 9 heteroatoms. The van der Waals surface area contributed by atoms with E-state index in [9.17, 15) is 13.2 Å². The van der Waals surface area contributed by atoms with Crippen molar-refractivity contribution in [3.63, 3.8) is 0 Å². The number of carbonyl (C=O) groups is 1. The third kappa shape index (κ3) is 4.00. The molecule has 26 heavy (non-hydrogen) atoms. The van der Waals surface area contributed by atoms with E-state index in [2.05, 4.69) is 10.0 Å². The summed E-state index contributed by atoms with van der Waals surface area (Å²) in [5, 5.41) is 11.6. The predicted octanol–water partition coefficient (Wildman–Crippen LogP) is 3.56. The van der Waals surface area contributed by atoms with Gasteiger partial charge in [0.1, 0.15) is 11.0 Å². The molecule has 0 radical (unpaired) electrons. The van der Waals surface area contributed by atoms with Crippen molar-refractivity contribution in [1.29, 1.82) is 5.26 Å². The zero-order valence-electron chi connectivity index (χ0n) is 13.3. The van der Waals surface area contributed by atoms with Gasteiger partial charge >= 0.3 is 0 Å². The van der Waals surface area contributed by atoms with Gasteiger partial charge in [0.2, 0.25) is 10.0 Å². The Balaban J connectivity index is 1.95. The number of nitrogens with one attached hydrogen (secondary N) is 2. The Hall–Kier alpha value is -2.11. The topological polar surface area (TPSA) is 99.1 Å². The lowest BCUT2D eigenvalue weighted by Crippen LogP contribution is -2.26. The monoisotopic (exact) mass is 409 g/mol. The summed E-state index contributed by atoms with van der Waals surface area (Å²) < 4.78 is 27.4. The van der Waals surface area contributed by atoms with Crippen LogP contribution in [0.3, 0.4) is 0 Å². The summed E-state index contributed by atoms with van der Waals surface area (Å²) in [5.41, 5.74) is 0.515. The number of nitrogens with zero attached hydrogens (tertiary/aromatic N) is 1. The molecule has 3 rings (SSSR count). The summed E-state index contributed by atoms with van der Waals surface area (Å²) >= 11 is 12.1. The molecule has 134 valence electrons. The number of para-hydroxylation sites is 1. The van der Waals surface area contributed by atoms with Gasteiger partial charge in [-0.3, -0.25) is 4.79 Å². The van der Waals surface area contributed by atoms with Gasteiger partial charge in [-0.1, -0.05) is 35.3 Å². The molecule has 1 saturated carbocycles. The first kappa shape index (κ1) is 18.7. The number of halogens is 2. The van der Waals surface area contributed by atoms with E-state index >= 15 is 0 Å². The van der Waals surface area contributed by atoms with Crippen LogP contribution < -0.4 is 10.0 Å². The van der Waals surface area contributed by atoms with E-state index in [1.807, 2.05) is 6.07 Å². The van der Waals surface area contributed by atoms with Gasteiger partial charge < -0.3 is 5.32 Å². The number of rotatable bonds is 5. The Labute approximate surface area is 160 Å². The van der Waals surface area contributed by atoms with Gasteiger partial charge in [-0.2, -0.15) is 5.26 Å². The molecule has 0 saturated heterocycles. The molecule has 2 N–H and O–H groups in total. The van der Waals surface area contributed by atoms with Crippen LogP contribution in [0, 0.1) is 11.3 Å². The molecule has 1 fully saturated rings. The van der Waals surface area contributed by atoms with Crippen molar-refractivity contribution in [3.8, 4) is 6.07 Å². The van der Waals surface area contributed by atoms with Gasteiger partial charge in [-0.15, -0.1) is 0 Å². The lowest BCUT2D eigenvalue weighted by Gasteiger charge is -2.12. The van der Waals surface area contributed by atoms with Crippen LogP contribution in [0.4, 0.5) is 5.69 Å². The van der Waals surface area contributed by atoms with Crippen LogP contribution in [0.25, 0.3) is 0 Å². The number of nitriles is 1. The van der Waals surface area contributed by atoms with Crippen LogP contribution in [-0.4, -0.2) is 20.4 Å². The van der Waals surface area contributed by atoms with Gasteiger partial charge in [0, 0.05) is 6.04 Å². The van der Waals surface area contributed by atoms with Crippen LogP contribution in [0.15, 0.2) is 41.3 Å². The highest BCUT2D eigenvalue weighted by Crippen LogP contribution is 2.31. The molecule has 0 spiro atoms. The molecular weight excluding hydrogens is 397 g/mol. The Kier molecular flexibility index (Phi) is 5.21. The Morgan fingerprint density at radius 3 is 2.50 bits per heavy atom. The average molecular weight is 410 g/mol. The Morgan fingerprint density at radius 1 is 1.15 bits per heavy atom. The maximum atomic E-state index is 12.6. The predicted molar refractivity (Wildman–Crippen MR) is 98.9 cm³/mol. The van der Waals surface area contributed by atoms with E-state index in [-0.39, 0.29) is 32.1 Å². The standard InChI is InChI=1S/C17H13Cl2N3O3S/c18-13-8-14(19)16(26(24,25)22-11-5-6-11)7-12(13)17(23)21-15-4-2-1-3-10(15)9-20/h1-4,7-8,11,22H,5-6H2,(H,21,23). The van der Waals surface area contributed by atoms with Gasteiger partial charge in [0.05, 0.1) is 26.9 Å². The summed E-state index contributed by atoms with van der Waals surface area (Å²) in [7, 11) is -3.86. The van der Waals surface area contributed by atoms with Gasteiger partial charge in [-0.25, -0.2) is 13.1 Å². The quantitative estimate of drug-likeness (QED) is 0.788.